The normalized spacial score (nSPS) is 26.7. The molecule has 0 aromatic heterocycles. The van der Waals surface area contributed by atoms with Crippen molar-refractivity contribution in [1.29, 1.82) is 0 Å². The molecule has 0 aromatic carbocycles. The van der Waals surface area contributed by atoms with Crippen molar-refractivity contribution < 1.29 is 9.53 Å². The molecule has 1 aliphatic heterocycles. The quantitative estimate of drug-likeness (QED) is 0.837. The van der Waals surface area contributed by atoms with Gasteiger partial charge in [-0.1, -0.05) is 12.8 Å². The predicted molar refractivity (Wildman–Crippen MR) is 76.2 cm³/mol. The number of nitrogens with zero attached hydrogens (tertiary/aromatic N) is 1. The highest BCUT2D eigenvalue weighted by Crippen LogP contribution is 2.43. The Hall–Kier alpha value is -0.770. The van der Waals surface area contributed by atoms with Crippen molar-refractivity contribution in [2.75, 3.05) is 13.6 Å². The fourth-order valence-electron chi connectivity index (χ4n) is 3.11. The number of amides is 1. The summed E-state index contributed by atoms with van der Waals surface area (Å²) in [5.74, 6) is 0. The molecule has 0 spiro atoms. The first-order valence-electron chi connectivity index (χ1n) is 7.56. The number of nitrogens with one attached hydrogen (secondary N) is 1. The minimum absolute atomic E-state index is 0.138. The van der Waals surface area contributed by atoms with Gasteiger partial charge in [-0.25, -0.2) is 4.79 Å². The molecule has 2 rings (SSSR count). The minimum Gasteiger partial charge on any atom is -0.444 e. The Morgan fingerprint density at radius 3 is 2.47 bits per heavy atom. The van der Waals surface area contributed by atoms with E-state index in [-0.39, 0.29) is 11.6 Å². The van der Waals surface area contributed by atoms with E-state index < -0.39 is 5.60 Å². The zero-order chi connectivity index (χ0) is 14.1. The van der Waals surface area contributed by atoms with Crippen molar-refractivity contribution >= 4 is 6.09 Å². The van der Waals surface area contributed by atoms with Gasteiger partial charge in [0.05, 0.1) is 6.04 Å². The van der Waals surface area contributed by atoms with Crippen LogP contribution < -0.4 is 5.32 Å². The number of carbonyl (C=O) groups is 1. The fraction of sp³-hybridized carbons (Fsp3) is 0.933. The number of likely N-dealkylation sites (tertiary alicyclic amines) is 1. The molecule has 2 fully saturated rings. The van der Waals surface area contributed by atoms with Gasteiger partial charge in [0.25, 0.3) is 0 Å². The van der Waals surface area contributed by atoms with E-state index in [9.17, 15) is 4.79 Å². The molecule has 1 unspecified atom stereocenters. The number of hydrogen-bond acceptors (Lipinski definition) is 3. The number of hydrogen-bond donors (Lipinski definition) is 1. The number of ether oxygens (including phenoxy) is 1. The van der Waals surface area contributed by atoms with Crippen LogP contribution in [0.2, 0.25) is 0 Å². The molecule has 4 nitrogen and oxygen atoms in total. The highest BCUT2D eigenvalue weighted by molar-refractivity contribution is 5.69. The summed E-state index contributed by atoms with van der Waals surface area (Å²) in [5.41, 5.74) is -0.258. The summed E-state index contributed by atoms with van der Waals surface area (Å²) in [6, 6.07) is 0.301. The summed E-state index contributed by atoms with van der Waals surface area (Å²) in [6.07, 6.45) is 6.83. The van der Waals surface area contributed by atoms with Gasteiger partial charge in [-0.3, -0.25) is 0 Å². The van der Waals surface area contributed by atoms with Crippen molar-refractivity contribution in [2.24, 2.45) is 0 Å². The molecule has 110 valence electrons. The number of rotatable bonds is 2. The smallest absolute Gasteiger partial charge is 0.410 e. The van der Waals surface area contributed by atoms with Crippen LogP contribution in [0.1, 0.15) is 59.3 Å². The van der Waals surface area contributed by atoms with Gasteiger partial charge in [0.1, 0.15) is 5.60 Å². The van der Waals surface area contributed by atoms with Crippen LogP contribution in [-0.4, -0.2) is 41.8 Å². The Labute approximate surface area is 116 Å². The van der Waals surface area contributed by atoms with Gasteiger partial charge < -0.3 is 15.0 Å². The average molecular weight is 268 g/mol. The van der Waals surface area contributed by atoms with Crippen molar-refractivity contribution in [3.63, 3.8) is 0 Å². The maximum atomic E-state index is 12.4. The van der Waals surface area contributed by atoms with Crippen LogP contribution in [0.4, 0.5) is 4.79 Å². The Balaban J connectivity index is 2.11. The molecule has 0 aromatic rings. The third-order valence-corrected chi connectivity index (χ3v) is 4.31. The summed E-state index contributed by atoms with van der Waals surface area (Å²) >= 11 is 0. The molecule has 19 heavy (non-hydrogen) atoms. The van der Waals surface area contributed by atoms with Gasteiger partial charge >= 0.3 is 6.09 Å². The second-order valence-electron chi connectivity index (χ2n) is 6.95. The van der Waals surface area contributed by atoms with Crippen molar-refractivity contribution in [3.05, 3.63) is 0 Å². The maximum absolute atomic E-state index is 12.4. The second kappa shape index (κ2) is 5.31. The lowest BCUT2D eigenvalue weighted by Gasteiger charge is -2.37. The summed E-state index contributed by atoms with van der Waals surface area (Å²) in [6.45, 7) is 6.64. The number of likely N-dealkylation sites (N-methyl/N-ethyl adjacent to an activating group) is 1. The van der Waals surface area contributed by atoms with Crippen LogP contribution in [0.3, 0.4) is 0 Å². The van der Waals surface area contributed by atoms with E-state index in [4.69, 9.17) is 4.74 Å². The van der Waals surface area contributed by atoms with Gasteiger partial charge in [-0.2, -0.15) is 0 Å². The van der Waals surface area contributed by atoms with E-state index in [1.54, 1.807) is 0 Å². The molecular weight excluding hydrogens is 240 g/mol. The summed E-state index contributed by atoms with van der Waals surface area (Å²) in [5, 5.41) is 3.45. The molecule has 1 N–H and O–H groups in total. The van der Waals surface area contributed by atoms with Crippen LogP contribution in [0, 0.1) is 0 Å². The summed E-state index contributed by atoms with van der Waals surface area (Å²) in [4.78, 5) is 14.4. The van der Waals surface area contributed by atoms with E-state index >= 15 is 0 Å². The molecule has 1 amide bonds. The van der Waals surface area contributed by atoms with Gasteiger partial charge in [-0.05, 0) is 53.5 Å². The van der Waals surface area contributed by atoms with E-state index in [1.807, 2.05) is 32.7 Å². The summed E-state index contributed by atoms with van der Waals surface area (Å²) < 4.78 is 5.59. The molecule has 1 atom stereocenters. The summed E-state index contributed by atoms with van der Waals surface area (Å²) in [7, 11) is 2.02. The highest BCUT2D eigenvalue weighted by Gasteiger charge is 2.52. The lowest BCUT2D eigenvalue weighted by Crippen LogP contribution is -2.54. The SMILES string of the molecule is CNC1(C2CCCCCN2C(=O)OC(C)(C)C)CC1. The standard InChI is InChI=1S/C15H28N2O2/c1-14(2,3)19-13(18)17-11-7-5-6-8-12(17)15(16-4)9-10-15/h12,16H,5-11H2,1-4H3. The molecule has 0 radical (unpaired) electrons. The lowest BCUT2D eigenvalue weighted by molar-refractivity contribution is 0.0114. The van der Waals surface area contributed by atoms with Crippen LogP contribution in [0.15, 0.2) is 0 Å². The van der Waals surface area contributed by atoms with Crippen LogP contribution in [-0.2, 0) is 4.74 Å². The first-order chi connectivity index (χ1) is 8.88. The Bertz CT molecular complexity index is 332. The predicted octanol–water partition coefficient (Wildman–Crippen LogP) is 2.92. The monoisotopic (exact) mass is 268 g/mol. The Morgan fingerprint density at radius 1 is 1.26 bits per heavy atom. The molecule has 0 bridgehead atoms. The molecular formula is C15H28N2O2. The van der Waals surface area contributed by atoms with Crippen LogP contribution in [0.5, 0.6) is 0 Å². The highest BCUT2D eigenvalue weighted by atomic mass is 16.6. The van der Waals surface area contributed by atoms with E-state index in [0.717, 1.165) is 19.4 Å². The molecule has 1 heterocycles. The second-order valence-corrected chi connectivity index (χ2v) is 6.95. The van der Waals surface area contributed by atoms with Crippen molar-refractivity contribution in [3.8, 4) is 0 Å². The zero-order valence-corrected chi connectivity index (χ0v) is 12.8. The Kier molecular flexibility index (Phi) is 4.09. The molecule has 1 saturated carbocycles. The lowest BCUT2D eigenvalue weighted by atomic mass is 9.99. The van der Waals surface area contributed by atoms with Gasteiger partial charge in [0.15, 0.2) is 0 Å². The molecule has 1 saturated heterocycles. The average Bonchev–Trinajstić information content (AvgIpc) is 3.11. The first-order valence-corrected chi connectivity index (χ1v) is 7.56. The zero-order valence-electron chi connectivity index (χ0n) is 12.8. The Morgan fingerprint density at radius 2 is 1.95 bits per heavy atom. The van der Waals surface area contributed by atoms with Gasteiger partial charge in [-0.15, -0.1) is 0 Å². The molecule has 4 heteroatoms. The van der Waals surface area contributed by atoms with E-state index in [0.29, 0.717) is 6.04 Å². The molecule has 2 aliphatic rings. The van der Waals surface area contributed by atoms with Crippen molar-refractivity contribution in [1.82, 2.24) is 10.2 Å². The van der Waals surface area contributed by atoms with Gasteiger partial charge in [0.2, 0.25) is 0 Å². The number of carbonyl (C=O) groups excluding carboxylic acids is 1. The maximum Gasteiger partial charge on any atom is 0.410 e. The van der Waals surface area contributed by atoms with E-state index in [2.05, 4.69) is 5.32 Å². The topological polar surface area (TPSA) is 41.6 Å². The third kappa shape index (κ3) is 3.41. The van der Waals surface area contributed by atoms with Crippen LogP contribution in [0.25, 0.3) is 0 Å². The first kappa shape index (κ1) is 14.6. The fourth-order valence-corrected chi connectivity index (χ4v) is 3.11. The van der Waals surface area contributed by atoms with Gasteiger partial charge in [0, 0.05) is 12.1 Å². The molecule has 1 aliphatic carbocycles. The van der Waals surface area contributed by atoms with E-state index in [1.165, 1.54) is 25.7 Å². The van der Waals surface area contributed by atoms with Crippen LogP contribution >= 0.6 is 0 Å². The van der Waals surface area contributed by atoms with Crippen molar-refractivity contribution in [2.45, 2.75) is 76.5 Å². The third-order valence-electron chi connectivity index (χ3n) is 4.31. The minimum atomic E-state index is -0.412. The largest absolute Gasteiger partial charge is 0.444 e.